The lowest BCUT2D eigenvalue weighted by molar-refractivity contribution is 0.460. The van der Waals surface area contributed by atoms with Crippen molar-refractivity contribution in [2.75, 3.05) is 50.2 Å². The molecule has 0 radical (unpaired) electrons. The fraction of sp³-hybridized carbons (Fsp3) is 0.439. The van der Waals surface area contributed by atoms with Crippen LogP contribution in [0.1, 0.15) is 96.3 Å². The van der Waals surface area contributed by atoms with E-state index in [1.165, 1.54) is 48.8 Å². The minimum Gasteiger partial charge on any atom is -0.373 e. The van der Waals surface area contributed by atoms with Crippen LogP contribution in [0.15, 0.2) is 89.9 Å². The van der Waals surface area contributed by atoms with Gasteiger partial charge in [0, 0.05) is 32.5 Å². The summed E-state index contributed by atoms with van der Waals surface area (Å²) >= 11 is 0. The Morgan fingerprint density at radius 2 is 1.47 bits per heavy atom. The number of nitrogens with zero attached hydrogens (tertiary/aromatic N) is 3. The summed E-state index contributed by atoms with van der Waals surface area (Å²) in [5, 5.41) is 16.4. The highest BCUT2D eigenvalue weighted by atomic mass is 15.1. The van der Waals surface area contributed by atoms with E-state index in [0.29, 0.717) is 5.92 Å². The lowest BCUT2D eigenvalue weighted by Gasteiger charge is -2.23. The Kier molecular flexibility index (Phi) is 15.6. The van der Waals surface area contributed by atoms with Gasteiger partial charge in [0.25, 0.3) is 0 Å². The first-order valence-electron chi connectivity index (χ1n) is 17.6. The summed E-state index contributed by atoms with van der Waals surface area (Å²) in [7, 11) is 5.54. The van der Waals surface area contributed by atoms with Crippen LogP contribution in [0.25, 0.3) is 5.57 Å². The van der Waals surface area contributed by atoms with Crippen LogP contribution in [0.4, 0.5) is 23.0 Å². The molecule has 0 atom stereocenters. The van der Waals surface area contributed by atoms with Crippen molar-refractivity contribution in [1.82, 2.24) is 20.6 Å². The molecule has 3 aromatic rings. The summed E-state index contributed by atoms with van der Waals surface area (Å²) in [6.07, 6.45) is 12.5. The predicted octanol–water partition coefficient (Wildman–Crippen LogP) is 9.52. The zero-order valence-corrected chi connectivity index (χ0v) is 31.4. The predicted molar refractivity (Wildman–Crippen MR) is 213 cm³/mol. The number of hydrogen-bond acceptors (Lipinski definition) is 7. The van der Waals surface area contributed by atoms with Gasteiger partial charge >= 0.3 is 0 Å². The van der Waals surface area contributed by atoms with Crippen LogP contribution in [0.5, 0.6) is 0 Å². The number of hydrogen-bond donors (Lipinski definition) is 5. The second kappa shape index (κ2) is 19.5. The molecule has 8 nitrogen and oxygen atoms in total. The number of allylic oxidation sites excluding steroid dienone is 2. The molecule has 8 heteroatoms. The third-order valence-corrected chi connectivity index (χ3v) is 8.52. The molecule has 2 aliphatic rings. The van der Waals surface area contributed by atoms with E-state index >= 15 is 0 Å². The van der Waals surface area contributed by atoms with E-state index in [1.807, 2.05) is 44.6 Å². The number of anilines is 4. The maximum Gasteiger partial charge on any atom is 0.143 e. The first-order valence-corrected chi connectivity index (χ1v) is 17.6. The van der Waals surface area contributed by atoms with Crippen molar-refractivity contribution in [3.05, 3.63) is 102 Å². The Bertz CT molecular complexity index is 1550. The van der Waals surface area contributed by atoms with Gasteiger partial charge in [-0.05, 0) is 111 Å². The molecular weight excluding hydrogens is 605 g/mol. The third-order valence-electron chi connectivity index (χ3n) is 8.52. The summed E-state index contributed by atoms with van der Waals surface area (Å²) < 4.78 is 0. The van der Waals surface area contributed by atoms with Crippen LogP contribution in [0.2, 0.25) is 0 Å². The molecule has 1 aromatic heterocycles. The first kappa shape index (κ1) is 39.0. The van der Waals surface area contributed by atoms with Gasteiger partial charge in [-0.2, -0.15) is 0 Å². The average molecular weight is 665 g/mol. The molecule has 2 heterocycles. The quantitative estimate of drug-likeness (QED) is 0.115. The van der Waals surface area contributed by atoms with Crippen LogP contribution in [0.3, 0.4) is 0 Å². The number of rotatable bonds is 9. The Labute approximate surface area is 296 Å². The van der Waals surface area contributed by atoms with Gasteiger partial charge < -0.3 is 26.6 Å². The van der Waals surface area contributed by atoms with Crippen LogP contribution in [-0.4, -0.2) is 50.0 Å². The molecule has 5 rings (SSSR count). The Morgan fingerprint density at radius 3 is 1.98 bits per heavy atom. The van der Waals surface area contributed by atoms with Gasteiger partial charge in [-0.1, -0.05) is 82.0 Å². The third kappa shape index (κ3) is 13.2. The van der Waals surface area contributed by atoms with Crippen molar-refractivity contribution in [3.8, 4) is 0 Å². The maximum absolute atomic E-state index is 4.55. The largest absolute Gasteiger partial charge is 0.373 e. The summed E-state index contributed by atoms with van der Waals surface area (Å²) in [6.45, 7) is 19.4. The second-order valence-corrected chi connectivity index (χ2v) is 13.9. The van der Waals surface area contributed by atoms with Gasteiger partial charge in [0.1, 0.15) is 23.8 Å². The molecule has 264 valence electrons. The van der Waals surface area contributed by atoms with Crippen LogP contribution in [-0.2, 0) is 0 Å². The van der Waals surface area contributed by atoms with Crippen molar-refractivity contribution in [2.24, 2.45) is 10.4 Å². The van der Waals surface area contributed by atoms with Crippen LogP contribution >= 0.6 is 0 Å². The van der Waals surface area contributed by atoms with Crippen LogP contribution in [0, 0.1) is 5.41 Å². The number of aromatic nitrogens is 2. The molecule has 5 N–H and O–H groups in total. The van der Waals surface area contributed by atoms with E-state index in [9.17, 15) is 0 Å². The van der Waals surface area contributed by atoms with Gasteiger partial charge in [-0.15, -0.1) is 0 Å². The second-order valence-electron chi connectivity index (χ2n) is 13.9. The molecule has 1 aliphatic carbocycles. The van der Waals surface area contributed by atoms with E-state index < -0.39 is 0 Å². The van der Waals surface area contributed by atoms with Crippen molar-refractivity contribution in [2.45, 2.75) is 79.6 Å². The lowest BCUT2D eigenvalue weighted by atomic mass is 9.87. The topological polar surface area (TPSA) is 98.3 Å². The average Bonchev–Trinajstić information content (AvgIpc) is 4.00. The molecular formula is C41H60N8. The van der Waals surface area contributed by atoms with Gasteiger partial charge in [0.15, 0.2) is 0 Å². The molecule has 0 amide bonds. The van der Waals surface area contributed by atoms with E-state index in [4.69, 9.17) is 0 Å². The van der Waals surface area contributed by atoms with Crippen molar-refractivity contribution in [3.63, 3.8) is 0 Å². The van der Waals surface area contributed by atoms with Crippen LogP contribution < -0.4 is 26.6 Å². The van der Waals surface area contributed by atoms with Gasteiger partial charge in [-0.25, -0.2) is 9.97 Å². The fourth-order valence-electron chi connectivity index (χ4n) is 4.90. The minimum atomic E-state index is 0.229. The molecule has 2 aromatic carbocycles. The zero-order chi connectivity index (χ0) is 35.8. The van der Waals surface area contributed by atoms with E-state index in [2.05, 4.69) is 120 Å². The standard InChI is InChI=1S/C28H34N6.C10H20N2.C3H6/c1-19(2)17-31-24-9-11-25(12-10-24)34-28-26(27(29-4)32-18-33-28)20(3)21-5-7-22(8-6-21)23-13-15-30-16-14-23;1-8(10(2,3)4)7-9(11-5)12-6;1-2-3-1/h5-12,17-18,23,30-31H,3,13-16H2,1-2,4H3,(H2,29,32,33,34);7H,1-6H3,(H,11,12);1-3H2/b;8-7+;. The smallest absolute Gasteiger partial charge is 0.143 e. The molecule has 1 aliphatic heterocycles. The zero-order valence-electron chi connectivity index (χ0n) is 31.4. The highest BCUT2D eigenvalue weighted by Crippen LogP contribution is 2.35. The van der Waals surface area contributed by atoms with Crippen molar-refractivity contribution >= 4 is 34.4 Å². The van der Waals surface area contributed by atoms with Crippen molar-refractivity contribution < 1.29 is 0 Å². The van der Waals surface area contributed by atoms with E-state index in [0.717, 1.165) is 58.6 Å². The number of nitrogens with one attached hydrogen (secondary N) is 5. The number of benzene rings is 2. The normalized spacial score (nSPS) is 14.6. The molecule has 1 saturated heterocycles. The SMILES string of the molecule is C1CC1.C=C(c1ccc(C2CCNCC2)cc1)c1c(NC)ncnc1Nc1ccc(NC=C(C)C)cc1.CN=C(/C=C(\C)C(C)(C)C)NC. The number of piperidine rings is 1. The molecule has 0 unspecified atom stereocenters. The summed E-state index contributed by atoms with van der Waals surface area (Å²) in [4.78, 5) is 13.1. The molecule has 1 saturated carbocycles. The van der Waals surface area contributed by atoms with Gasteiger partial charge in [0.2, 0.25) is 0 Å². The monoisotopic (exact) mass is 664 g/mol. The van der Waals surface area contributed by atoms with Gasteiger partial charge in [-0.3, -0.25) is 4.99 Å². The van der Waals surface area contributed by atoms with E-state index in [1.54, 1.807) is 13.4 Å². The number of amidine groups is 1. The fourth-order valence-corrected chi connectivity index (χ4v) is 4.90. The highest BCUT2D eigenvalue weighted by Gasteiger charge is 2.18. The minimum absolute atomic E-state index is 0.229. The van der Waals surface area contributed by atoms with E-state index in [-0.39, 0.29) is 5.41 Å². The Morgan fingerprint density at radius 1 is 0.878 bits per heavy atom. The summed E-state index contributed by atoms with van der Waals surface area (Å²) in [5.74, 6) is 3.02. The highest BCUT2D eigenvalue weighted by molar-refractivity contribution is 5.93. The summed E-state index contributed by atoms with van der Waals surface area (Å²) in [5.41, 5.74) is 8.96. The lowest BCUT2D eigenvalue weighted by Crippen LogP contribution is -2.26. The maximum atomic E-state index is 4.55. The summed E-state index contributed by atoms with van der Waals surface area (Å²) in [6, 6.07) is 17.0. The van der Waals surface area contributed by atoms with Crippen molar-refractivity contribution in [1.29, 1.82) is 0 Å². The Balaban J connectivity index is 0.000000361. The Hall–Kier alpha value is -4.43. The molecule has 0 bridgehead atoms. The molecule has 49 heavy (non-hydrogen) atoms. The number of likely N-dealkylation sites (N-methyl/N-ethyl adjacent to an activating group) is 1. The first-order chi connectivity index (χ1) is 23.5. The van der Waals surface area contributed by atoms with Gasteiger partial charge in [0.05, 0.1) is 5.56 Å². The molecule has 0 spiro atoms. The molecule has 2 fully saturated rings. The number of aliphatic imine (C=N–C) groups is 1.